The van der Waals surface area contributed by atoms with E-state index >= 15 is 0 Å². The van der Waals surface area contributed by atoms with E-state index in [1.54, 1.807) is 4.90 Å². The van der Waals surface area contributed by atoms with Crippen LogP contribution in [0.3, 0.4) is 0 Å². The van der Waals surface area contributed by atoms with Gasteiger partial charge < -0.3 is 20.1 Å². The number of aliphatic hydroxyl groups is 1. The number of nitrogens with zero attached hydrogens (tertiary/aromatic N) is 1. The monoisotopic (exact) mass is 282 g/mol. The van der Waals surface area contributed by atoms with E-state index in [4.69, 9.17) is 4.74 Å². The Hall–Kier alpha value is -0.680. The number of rotatable bonds is 3. The van der Waals surface area contributed by atoms with Crippen molar-refractivity contribution in [1.82, 2.24) is 10.2 Å². The van der Waals surface area contributed by atoms with Gasteiger partial charge in [-0.3, -0.25) is 0 Å². The van der Waals surface area contributed by atoms with Crippen LogP contribution in [0.5, 0.6) is 0 Å². The second-order valence-electron chi connectivity index (χ2n) is 7.15. The quantitative estimate of drug-likeness (QED) is 0.671. The molecule has 0 aromatic carbocycles. The Labute approximate surface area is 124 Å². The number of likely N-dealkylation sites (tertiary alicyclic amines) is 1. The Morgan fingerprint density at radius 2 is 1.85 bits per heavy atom. The Morgan fingerprint density at radius 3 is 2.25 bits per heavy atom. The highest BCUT2D eigenvalue weighted by molar-refractivity contribution is 6.41. The third kappa shape index (κ3) is 4.16. The van der Waals surface area contributed by atoms with Gasteiger partial charge in [0.2, 0.25) is 0 Å². The minimum absolute atomic E-state index is 0.291. The molecule has 0 aliphatic carbocycles. The summed E-state index contributed by atoms with van der Waals surface area (Å²) >= 11 is 0. The molecule has 0 aromatic heterocycles. The molecule has 1 fully saturated rings. The van der Waals surface area contributed by atoms with Crippen LogP contribution in [0.4, 0.5) is 4.79 Å². The summed E-state index contributed by atoms with van der Waals surface area (Å²) < 4.78 is 5.37. The first kappa shape index (κ1) is 17.4. The first-order chi connectivity index (χ1) is 9.01. The van der Waals surface area contributed by atoms with Gasteiger partial charge in [-0.15, -0.1) is 0 Å². The van der Waals surface area contributed by atoms with Crippen LogP contribution in [0.1, 0.15) is 40.5 Å². The minimum Gasteiger partial charge on any atom is -0.444 e. The lowest BCUT2D eigenvalue weighted by Gasteiger charge is -2.48. The Morgan fingerprint density at radius 1 is 1.35 bits per heavy atom. The summed E-state index contributed by atoms with van der Waals surface area (Å²) in [5.41, 5.74) is -1.27. The number of hydrogen-bond acceptors (Lipinski definition) is 4. The topological polar surface area (TPSA) is 61.8 Å². The highest BCUT2D eigenvalue weighted by atomic mass is 16.6. The summed E-state index contributed by atoms with van der Waals surface area (Å²) in [6.45, 7) is 9.48. The van der Waals surface area contributed by atoms with Gasteiger partial charge in [-0.1, -0.05) is 6.92 Å². The SMILES string of the molecule is BC(B)(NCC)C1(O)CCN(C(=O)OC(C)(C)C)CC1. The zero-order valence-corrected chi connectivity index (χ0v) is 13.7. The van der Waals surface area contributed by atoms with Gasteiger partial charge in [0.15, 0.2) is 0 Å². The normalized spacial score (nSPS) is 19.8. The van der Waals surface area contributed by atoms with Gasteiger partial charge in [0.1, 0.15) is 21.3 Å². The maximum Gasteiger partial charge on any atom is 0.410 e. The molecule has 0 bridgehead atoms. The van der Waals surface area contributed by atoms with Crippen molar-refractivity contribution in [3.8, 4) is 0 Å². The van der Waals surface area contributed by atoms with E-state index in [0.717, 1.165) is 6.54 Å². The van der Waals surface area contributed by atoms with Crippen molar-refractivity contribution in [3.63, 3.8) is 0 Å². The average molecular weight is 282 g/mol. The largest absolute Gasteiger partial charge is 0.444 e. The molecule has 0 atom stereocenters. The van der Waals surface area contributed by atoms with Crippen LogP contribution in [0, 0.1) is 0 Å². The van der Waals surface area contributed by atoms with Crippen molar-refractivity contribution >= 4 is 21.8 Å². The van der Waals surface area contributed by atoms with E-state index in [2.05, 4.69) is 5.32 Å². The molecule has 1 rings (SSSR count). The minimum atomic E-state index is -0.790. The van der Waals surface area contributed by atoms with Crippen LogP contribution in [-0.2, 0) is 4.74 Å². The second-order valence-corrected chi connectivity index (χ2v) is 7.15. The lowest BCUT2D eigenvalue weighted by atomic mass is 9.50. The fourth-order valence-corrected chi connectivity index (χ4v) is 2.62. The van der Waals surface area contributed by atoms with Crippen LogP contribution in [0.2, 0.25) is 0 Å². The molecular weight excluding hydrogens is 254 g/mol. The number of ether oxygens (including phenoxy) is 1. The molecule has 0 aromatic rings. The van der Waals surface area contributed by atoms with Crippen LogP contribution in [-0.4, -0.2) is 68.0 Å². The molecule has 5 nitrogen and oxygen atoms in total. The van der Waals surface area contributed by atoms with Crippen LogP contribution >= 0.6 is 0 Å². The Balaban J connectivity index is 2.61. The smallest absolute Gasteiger partial charge is 0.410 e. The summed E-state index contributed by atoms with van der Waals surface area (Å²) in [5, 5.41) is 13.8. The second kappa shape index (κ2) is 5.98. The molecule has 1 aliphatic heterocycles. The lowest BCUT2D eigenvalue weighted by Crippen LogP contribution is -2.67. The van der Waals surface area contributed by atoms with Crippen molar-refractivity contribution in [2.45, 2.75) is 57.1 Å². The van der Waals surface area contributed by atoms with Gasteiger partial charge in [0.05, 0.1) is 5.60 Å². The van der Waals surface area contributed by atoms with Crippen molar-refractivity contribution in [3.05, 3.63) is 0 Å². The fourth-order valence-electron chi connectivity index (χ4n) is 2.62. The predicted molar refractivity (Wildman–Crippen MR) is 85.5 cm³/mol. The average Bonchev–Trinajstić information content (AvgIpc) is 2.27. The molecule has 20 heavy (non-hydrogen) atoms. The number of nitrogens with one attached hydrogen (secondary N) is 1. The van der Waals surface area contributed by atoms with E-state index in [0.29, 0.717) is 25.9 Å². The number of piperidine rings is 1. The summed E-state index contributed by atoms with van der Waals surface area (Å²) in [5.74, 6) is 0. The molecular formula is C13H28B2N2O3. The third-order valence-corrected chi connectivity index (χ3v) is 4.02. The maximum absolute atomic E-state index is 12.0. The van der Waals surface area contributed by atoms with E-state index < -0.39 is 11.2 Å². The number of carbonyl (C=O) groups excluding carboxylic acids is 1. The molecule has 1 aliphatic rings. The highest BCUT2D eigenvalue weighted by Crippen LogP contribution is 2.30. The van der Waals surface area contributed by atoms with Crippen molar-refractivity contribution < 1.29 is 14.6 Å². The molecule has 1 heterocycles. The molecule has 1 amide bonds. The van der Waals surface area contributed by atoms with Gasteiger partial charge in [-0.2, -0.15) is 0 Å². The Bertz CT molecular complexity index is 348. The van der Waals surface area contributed by atoms with Gasteiger partial charge in [-0.25, -0.2) is 4.79 Å². The number of carbonyl (C=O) groups is 1. The molecule has 7 heteroatoms. The van der Waals surface area contributed by atoms with Crippen LogP contribution in [0.25, 0.3) is 0 Å². The van der Waals surface area contributed by atoms with Gasteiger partial charge in [0.25, 0.3) is 0 Å². The molecule has 114 valence electrons. The standard InChI is InChI=1S/C13H28B2N2O3/c1-5-16-13(14,15)12(19)6-8-17(9-7-12)10(18)20-11(2,3)4/h16,19H,5-9,14-15H2,1-4H3. The summed E-state index contributed by atoms with van der Waals surface area (Å²) in [7, 11) is 4.03. The Kier molecular flexibility index (Phi) is 5.19. The first-order valence-electron chi connectivity index (χ1n) is 7.46. The summed E-state index contributed by atoms with van der Waals surface area (Å²) in [4.78, 5) is 13.7. The summed E-state index contributed by atoms with van der Waals surface area (Å²) in [6.07, 6.45) is 0.833. The van der Waals surface area contributed by atoms with E-state index in [1.165, 1.54) is 0 Å². The zero-order chi connectivity index (χ0) is 15.6. The van der Waals surface area contributed by atoms with Crippen LogP contribution in [0.15, 0.2) is 0 Å². The van der Waals surface area contributed by atoms with Gasteiger partial charge in [0, 0.05) is 13.1 Å². The lowest BCUT2D eigenvalue weighted by molar-refractivity contribution is -0.0475. The third-order valence-electron chi connectivity index (χ3n) is 4.02. The van der Waals surface area contributed by atoms with Crippen molar-refractivity contribution in [2.24, 2.45) is 0 Å². The molecule has 0 unspecified atom stereocenters. The molecule has 1 saturated heterocycles. The predicted octanol–water partition coefficient (Wildman–Crippen LogP) is -0.722. The fraction of sp³-hybridized carbons (Fsp3) is 0.923. The number of hydrogen-bond donors (Lipinski definition) is 2. The van der Waals surface area contributed by atoms with Crippen LogP contribution < -0.4 is 5.32 Å². The number of amides is 1. The van der Waals surface area contributed by atoms with E-state index in [-0.39, 0.29) is 11.4 Å². The van der Waals surface area contributed by atoms with E-state index in [1.807, 2.05) is 43.4 Å². The van der Waals surface area contributed by atoms with Gasteiger partial charge in [-0.05, 0) is 45.5 Å². The van der Waals surface area contributed by atoms with Crippen molar-refractivity contribution in [1.29, 1.82) is 0 Å². The van der Waals surface area contributed by atoms with Crippen molar-refractivity contribution in [2.75, 3.05) is 19.6 Å². The molecule has 0 saturated carbocycles. The first-order valence-corrected chi connectivity index (χ1v) is 7.46. The molecule has 2 N–H and O–H groups in total. The zero-order valence-electron chi connectivity index (χ0n) is 13.7. The number of likely N-dealkylation sites (N-methyl/N-ethyl adjacent to an activating group) is 1. The van der Waals surface area contributed by atoms with Gasteiger partial charge >= 0.3 is 6.09 Å². The molecule has 0 spiro atoms. The molecule has 0 radical (unpaired) electrons. The summed E-state index contributed by atoms with van der Waals surface area (Å²) in [6, 6.07) is 0. The highest BCUT2D eigenvalue weighted by Gasteiger charge is 2.45. The van der Waals surface area contributed by atoms with E-state index in [9.17, 15) is 9.90 Å². The maximum atomic E-state index is 12.0.